The van der Waals surface area contributed by atoms with Crippen molar-refractivity contribution in [3.05, 3.63) is 81.2 Å². The van der Waals surface area contributed by atoms with Gasteiger partial charge in [0.1, 0.15) is 10.8 Å². The van der Waals surface area contributed by atoms with Crippen LogP contribution in [0.4, 0.5) is 5.00 Å². The number of nitrogens with one attached hydrogen (secondary N) is 2. The molecule has 9 nitrogen and oxygen atoms in total. The third-order valence-electron chi connectivity index (χ3n) is 5.93. The maximum absolute atomic E-state index is 12.5. The summed E-state index contributed by atoms with van der Waals surface area (Å²) in [5.41, 5.74) is 6.02. The Morgan fingerprint density at radius 3 is 2.29 bits per heavy atom. The fraction of sp³-hybridized carbons (Fsp3) is 0.250. The minimum Gasteiger partial charge on any atom is -0.462 e. The Morgan fingerprint density at radius 2 is 1.61 bits per heavy atom. The van der Waals surface area contributed by atoms with Crippen LogP contribution < -0.4 is 15.5 Å². The molecule has 2 N–H and O–H groups in total. The molecule has 4 rings (SSSR count). The predicted molar refractivity (Wildman–Crippen MR) is 144 cm³/mol. The number of carbonyl (C=O) groups excluding carboxylic acids is 4. The van der Waals surface area contributed by atoms with E-state index >= 15 is 0 Å². The van der Waals surface area contributed by atoms with Gasteiger partial charge in [-0.15, -0.1) is 11.3 Å². The number of hydrogen-bond donors (Lipinski definition) is 2. The van der Waals surface area contributed by atoms with Gasteiger partial charge in [-0.25, -0.2) is 15.0 Å². The summed E-state index contributed by atoms with van der Waals surface area (Å²) >= 11 is 1.29. The maximum atomic E-state index is 12.5. The number of hydrogen-bond acceptors (Lipinski definition) is 8. The number of hydrazone groups is 1. The van der Waals surface area contributed by atoms with Crippen LogP contribution in [-0.2, 0) is 27.2 Å². The number of benzene rings is 2. The quantitative estimate of drug-likeness (QED) is 0.152. The molecule has 0 unspecified atom stereocenters. The number of anilines is 1. The number of thiophene rings is 1. The predicted octanol–water partition coefficient (Wildman–Crippen LogP) is 4.42. The Morgan fingerprint density at radius 1 is 0.921 bits per heavy atom. The van der Waals surface area contributed by atoms with Crippen molar-refractivity contribution in [1.29, 1.82) is 0 Å². The van der Waals surface area contributed by atoms with Gasteiger partial charge in [0.15, 0.2) is 0 Å². The fourth-order valence-corrected chi connectivity index (χ4v) is 5.21. The number of esters is 2. The first-order chi connectivity index (χ1) is 18.3. The second kappa shape index (κ2) is 11.8. The van der Waals surface area contributed by atoms with E-state index in [1.807, 2.05) is 19.1 Å². The fourth-order valence-electron chi connectivity index (χ4n) is 3.94. The zero-order valence-corrected chi connectivity index (χ0v) is 22.1. The first-order valence-electron chi connectivity index (χ1n) is 12.1. The largest absolute Gasteiger partial charge is 0.462 e. The topological polar surface area (TPSA) is 123 Å². The number of amides is 2. The molecule has 3 aromatic rings. The third kappa shape index (κ3) is 6.15. The standard InChI is InChI=1S/C28H27N3O6S/c1-4-36-28(35)23-21-6-5-7-22(21)38-26(23)29-24(32)25(33)31-30-17(3)18-12-14-20(15-13-18)37-27(34)19-10-8-16(2)9-11-19/h8-15H,4-7H2,1-3H3,(H,29,32)(H,31,33)/b30-17+. The van der Waals surface area contributed by atoms with Crippen molar-refractivity contribution in [1.82, 2.24) is 5.43 Å². The minimum atomic E-state index is -0.976. The van der Waals surface area contributed by atoms with Gasteiger partial charge in [-0.05, 0) is 87.6 Å². The van der Waals surface area contributed by atoms with Crippen molar-refractivity contribution in [2.45, 2.75) is 40.0 Å². The molecule has 0 aliphatic heterocycles. The summed E-state index contributed by atoms with van der Waals surface area (Å²) in [6.45, 7) is 5.51. The van der Waals surface area contributed by atoms with Gasteiger partial charge in [-0.2, -0.15) is 5.10 Å². The van der Waals surface area contributed by atoms with Crippen LogP contribution in [-0.4, -0.2) is 36.1 Å². The first-order valence-corrected chi connectivity index (χ1v) is 12.9. The normalized spacial score (nSPS) is 12.4. The highest BCUT2D eigenvalue weighted by atomic mass is 32.1. The van der Waals surface area contributed by atoms with Crippen LogP contribution in [0.15, 0.2) is 53.6 Å². The number of ether oxygens (including phenoxy) is 2. The van der Waals surface area contributed by atoms with Crippen molar-refractivity contribution in [3.63, 3.8) is 0 Å². The molecule has 1 aliphatic carbocycles. The van der Waals surface area contributed by atoms with Crippen LogP contribution in [0.5, 0.6) is 5.75 Å². The Labute approximate surface area is 223 Å². The second-order valence-corrected chi connectivity index (χ2v) is 9.76. The molecular weight excluding hydrogens is 506 g/mol. The Balaban J connectivity index is 1.36. The number of rotatable bonds is 7. The van der Waals surface area contributed by atoms with Crippen molar-refractivity contribution >= 4 is 45.8 Å². The monoisotopic (exact) mass is 533 g/mol. The van der Waals surface area contributed by atoms with Gasteiger partial charge in [0.25, 0.3) is 0 Å². The number of carbonyl (C=O) groups is 4. The average molecular weight is 534 g/mol. The molecule has 0 bridgehead atoms. The van der Waals surface area contributed by atoms with Crippen LogP contribution in [0, 0.1) is 6.92 Å². The van der Waals surface area contributed by atoms with E-state index in [-0.39, 0.29) is 6.61 Å². The number of nitrogens with zero attached hydrogens (tertiary/aromatic N) is 1. The molecule has 2 amide bonds. The van der Waals surface area contributed by atoms with E-state index in [1.165, 1.54) is 11.3 Å². The summed E-state index contributed by atoms with van der Waals surface area (Å²) in [4.78, 5) is 50.7. The Hall–Kier alpha value is -4.31. The van der Waals surface area contributed by atoms with Crippen LogP contribution >= 0.6 is 11.3 Å². The zero-order valence-electron chi connectivity index (χ0n) is 21.3. The van der Waals surface area contributed by atoms with E-state index in [0.717, 1.165) is 35.3 Å². The molecule has 38 heavy (non-hydrogen) atoms. The Kier molecular flexibility index (Phi) is 8.32. The van der Waals surface area contributed by atoms with Crippen molar-refractivity contribution in [2.75, 3.05) is 11.9 Å². The van der Waals surface area contributed by atoms with Gasteiger partial charge >= 0.3 is 23.8 Å². The van der Waals surface area contributed by atoms with Crippen LogP contribution in [0.3, 0.4) is 0 Å². The van der Waals surface area contributed by atoms with Crippen LogP contribution in [0.2, 0.25) is 0 Å². The molecule has 10 heteroatoms. The summed E-state index contributed by atoms with van der Waals surface area (Å²) in [5, 5.41) is 6.84. The molecule has 0 atom stereocenters. The lowest BCUT2D eigenvalue weighted by Crippen LogP contribution is -2.33. The maximum Gasteiger partial charge on any atom is 0.343 e. The average Bonchev–Trinajstić information content (AvgIpc) is 3.49. The highest BCUT2D eigenvalue weighted by Crippen LogP contribution is 2.39. The summed E-state index contributed by atoms with van der Waals surface area (Å²) in [6.07, 6.45) is 2.49. The lowest BCUT2D eigenvalue weighted by molar-refractivity contribution is -0.136. The highest BCUT2D eigenvalue weighted by Gasteiger charge is 2.29. The van der Waals surface area contributed by atoms with Crippen LogP contribution in [0.25, 0.3) is 0 Å². The van der Waals surface area contributed by atoms with E-state index in [4.69, 9.17) is 9.47 Å². The van der Waals surface area contributed by atoms with Gasteiger partial charge in [0.05, 0.1) is 23.4 Å². The SMILES string of the molecule is CCOC(=O)c1c(NC(=O)C(=O)N/N=C(\C)c2ccc(OC(=O)c3ccc(C)cc3)cc2)sc2c1CCC2. The molecule has 1 aromatic heterocycles. The van der Waals surface area contributed by atoms with Gasteiger partial charge in [-0.3, -0.25) is 9.59 Å². The van der Waals surface area contributed by atoms with Crippen LogP contribution in [0.1, 0.15) is 62.6 Å². The molecule has 0 fully saturated rings. The smallest absolute Gasteiger partial charge is 0.343 e. The molecule has 2 aromatic carbocycles. The lowest BCUT2D eigenvalue weighted by Gasteiger charge is -2.08. The lowest BCUT2D eigenvalue weighted by atomic mass is 10.1. The van der Waals surface area contributed by atoms with Gasteiger partial charge in [-0.1, -0.05) is 17.7 Å². The number of fused-ring (bicyclic) bond motifs is 1. The van der Waals surface area contributed by atoms with Crippen molar-refractivity contribution in [3.8, 4) is 5.75 Å². The molecule has 0 spiro atoms. The molecule has 0 saturated heterocycles. The van der Waals surface area contributed by atoms with E-state index in [9.17, 15) is 19.2 Å². The molecule has 1 heterocycles. The van der Waals surface area contributed by atoms with Gasteiger partial charge < -0.3 is 14.8 Å². The van der Waals surface area contributed by atoms with E-state index in [0.29, 0.717) is 33.2 Å². The van der Waals surface area contributed by atoms with Crippen molar-refractivity contribution < 1.29 is 28.7 Å². The van der Waals surface area contributed by atoms with Gasteiger partial charge in [0, 0.05) is 4.88 Å². The van der Waals surface area contributed by atoms with Gasteiger partial charge in [0.2, 0.25) is 0 Å². The third-order valence-corrected chi connectivity index (χ3v) is 7.14. The summed E-state index contributed by atoms with van der Waals surface area (Å²) in [7, 11) is 0. The molecule has 196 valence electrons. The summed E-state index contributed by atoms with van der Waals surface area (Å²) in [6, 6.07) is 13.7. The number of aryl methyl sites for hydroxylation is 2. The molecule has 0 saturated carbocycles. The van der Waals surface area contributed by atoms with E-state index in [2.05, 4.69) is 15.8 Å². The first kappa shape index (κ1) is 26.7. The molecule has 1 aliphatic rings. The Bertz CT molecular complexity index is 1410. The van der Waals surface area contributed by atoms with Crippen molar-refractivity contribution in [2.24, 2.45) is 5.10 Å². The second-order valence-electron chi connectivity index (χ2n) is 8.65. The summed E-state index contributed by atoms with van der Waals surface area (Å²) < 4.78 is 10.5. The minimum absolute atomic E-state index is 0.210. The zero-order chi connectivity index (χ0) is 27.2. The molecule has 0 radical (unpaired) electrons. The summed E-state index contributed by atoms with van der Waals surface area (Å²) in [5.74, 6) is -2.54. The molecular formula is C28H27N3O6S. The highest BCUT2D eigenvalue weighted by molar-refractivity contribution is 7.17. The van der Waals surface area contributed by atoms with E-state index < -0.39 is 23.8 Å². The van der Waals surface area contributed by atoms with E-state index in [1.54, 1.807) is 50.2 Å².